The highest BCUT2D eigenvalue weighted by atomic mass is 35.5. The monoisotopic (exact) mass is 339 g/mol. The van der Waals surface area contributed by atoms with E-state index in [4.69, 9.17) is 11.6 Å². The second-order valence-electron chi connectivity index (χ2n) is 4.78. The van der Waals surface area contributed by atoms with E-state index in [0.717, 1.165) is 21.1 Å². The maximum absolute atomic E-state index is 5.99. The van der Waals surface area contributed by atoms with Gasteiger partial charge in [0, 0.05) is 23.0 Å². The quantitative estimate of drug-likeness (QED) is 0.564. The molecule has 112 valence electrons. The second-order valence-corrected chi connectivity index (χ2v) is 6.21. The lowest BCUT2D eigenvalue weighted by Gasteiger charge is -1.94. The fraction of sp³-hybridized carbons (Fsp3) is 0. The first-order valence-electron chi connectivity index (χ1n) is 6.86. The summed E-state index contributed by atoms with van der Waals surface area (Å²) in [7, 11) is 0. The van der Waals surface area contributed by atoms with E-state index >= 15 is 0 Å². The molecule has 23 heavy (non-hydrogen) atoms. The van der Waals surface area contributed by atoms with Crippen molar-refractivity contribution in [2.45, 2.75) is 0 Å². The molecule has 1 aromatic carbocycles. The smallest absolute Gasteiger partial charge is 0.235 e. The zero-order chi connectivity index (χ0) is 15.6. The highest BCUT2D eigenvalue weighted by Gasteiger charge is 2.11. The molecule has 0 fully saturated rings. The molecule has 3 heterocycles. The van der Waals surface area contributed by atoms with Gasteiger partial charge in [0.1, 0.15) is 5.01 Å². The lowest BCUT2D eigenvalue weighted by atomic mass is 10.2. The van der Waals surface area contributed by atoms with E-state index in [1.807, 2.05) is 48.6 Å². The van der Waals surface area contributed by atoms with Crippen LogP contribution in [0.15, 0.2) is 48.8 Å². The number of hydrogen-bond donors (Lipinski definition) is 0. The normalized spacial score (nSPS) is 11.5. The highest BCUT2D eigenvalue weighted by molar-refractivity contribution is 7.17. The summed E-state index contributed by atoms with van der Waals surface area (Å²) < 4.78 is 1.75. The van der Waals surface area contributed by atoms with Crippen LogP contribution in [0.4, 0.5) is 0 Å². The second kappa shape index (κ2) is 5.91. The van der Waals surface area contributed by atoms with E-state index in [0.29, 0.717) is 10.8 Å². The van der Waals surface area contributed by atoms with Gasteiger partial charge < -0.3 is 0 Å². The number of fused-ring (bicyclic) bond motifs is 1. The Morgan fingerprint density at radius 3 is 2.74 bits per heavy atom. The number of nitrogens with zero attached hydrogens (tertiary/aromatic N) is 5. The molecule has 0 saturated heterocycles. The van der Waals surface area contributed by atoms with E-state index < -0.39 is 0 Å². The number of benzene rings is 1. The standard InChI is InChI=1S/C16H10ClN5S/c17-13-3-1-2-11(10-13)4-5-14-21-22-15(19-20-16(22)23-14)12-6-8-18-9-7-12/h1-10H/b5-4+. The van der Waals surface area contributed by atoms with Gasteiger partial charge in [0.15, 0.2) is 5.82 Å². The minimum absolute atomic E-state index is 0.709. The van der Waals surface area contributed by atoms with Gasteiger partial charge in [0.2, 0.25) is 4.96 Å². The minimum atomic E-state index is 0.709. The molecule has 0 N–H and O–H groups in total. The van der Waals surface area contributed by atoms with Gasteiger partial charge >= 0.3 is 0 Å². The Bertz CT molecular complexity index is 990. The molecule has 0 atom stereocenters. The van der Waals surface area contributed by atoms with Gasteiger partial charge in [-0.1, -0.05) is 41.1 Å². The molecule has 0 aliphatic heterocycles. The van der Waals surface area contributed by atoms with Crippen LogP contribution in [0.3, 0.4) is 0 Å². The number of pyridine rings is 1. The Balaban J connectivity index is 1.69. The van der Waals surface area contributed by atoms with Gasteiger partial charge in [-0.3, -0.25) is 4.98 Å². The highest BCUT2D eigenvalue weighted by Crippen LogP contribution is 2.22. The van der Waals surface area contributed by atoms with Gasteiger partial charge in [0.25, 0.3) is 0 Å². The first kappa shape index (κ1) is 14.0. The summed E-state index contributed by atoms with van der Waals surface area (Å²) in [4.78, 5) is 4.77. The van der Waals surface area contributed by atoms with Crippen molar-refractivity contribution in [1.82, 2.24) is 24.8 Å². The van der Waals surface area contributed by atoms with E-state index in [2.05, 4.69) is 20.3 Å². The van der Waals surface area contributed by atoms with Crippen LogP contribution in [0.2, 0.25) is 5.02 Å². The van der Waals surface area contributed by atoms with E-state index in [1.165, 1.54) is 11.3 Å². The first-order chi connectivity index (χ1) is 11.3. The Hall–Kier alpha value is -2.57. The van der Waals surface area contributed by atoms with Crippen LogP contribution in [0.25, 0.3) is 28.5 Å². The van der Waals surface area contributed by atoms with Crippen LogP contribution in [0.5, 0.6) is 0 Å². The third kappa shape index (κ3) is 2.86. The lowest BCUT2D eigenvalue weighted by molar-refractivity contribution is 0.959. The van der Waals surface area contributed by atoms with Crippen LogP contribution in [-0.2, 0) is 0 Å². The number of halogens is 1. The Kier molecular flexibility index (Phi) is 3.61. The predicted octanol–water partition coefficient (Wildman–Crippen LogP) is 4.07. The average molecular weight is 340 g/mol. The van der Waals surface area contributed by atoms with E-state index in [-0.39, 0.29) is 0 Å². The van der Waals surface area contributed by atoms with Crippen molar-refractivity contribution in [1.29, 1.82) is 0 Å². The maximum Gasteiger partial charge on any atom is 0.235 e. The largest absolute Gasteiger partial charge is 0.265 e. The molecule has 5 nitrogen and oxygen atoms in total. The molecule has 4 rings (SSSR count). The summed E-state index contributed by atoms with van der Waals surface area (Å²) in [6.07, 6.45) is 7.37. The molecule has 0 saturated carbocycles. The molecule has 0 bridgehead atoms. The van der Waals surface area contributed by atoms with Gasteiger partial charge in [-0.25, -0.2) is 0 Å². The van der Waals surface area contributed by atoms with E-state index in [9.17, 15) is 0 Å². The Morgan fingerprint density at radius 1 is 1.04 bits per heavy atom. The van der Waals surface area contributed by atoms with Gasteiger partial charge in [-0.05, 0) is 35.9 Å². The SMILES string of the molecule is Clc1cccc(/C=C/c2nn3c(-c4ccncc4)nnc3s2)c1. The first-order valence-corrected chi connectivity index (χ1v) is 8.05. The van der Waals surface area contributed by atoms with Crippen molar-refractivity contribution < 1.29 is 0 Å². The zero-order valence-electron chi connectivity index (χ0n) is 11.8. The summed E-state index contributed by atoms with van der Waals surface area (Å²) in [5.41, 5.74) is 1.96. The van der Waals surface area contributed by atoms with Gasteiger partial charge in [-0.2, -0.15) is 9.61 Å². The third-order valence-electron chi connectivity index (χ3n) is 3.21. The molecule has 0 amide bonds. The minimum Gasteiger partial charge on any atom is -0.265 e. The summed E-state index contributed by atoms with van der Waals surface area (Å²) >= 11 is 7.47. The van der Waals surface area contributed by atoms with Crippen LogP contribution in [0.1, 0.15) is 10.6 Å². The summed E-state index contributed by atoms with van der Waals surface area (Å²) in [5, 5.41) is 14.5. The molecule has 0 spiro atoms. The molecule has 7 heteroatoms. The molecule has 0 aliphatic carbocycles. The molecule has 0 unspecified atom stereocenters. The van der Waals surface area contributed by atoms with E-state index in [1.54, 1.807) is 16.9 Å². The lowest BCUT2D eigenvalue weighted by Crippen LogP contribution is -1.90. The number of hydrogen-bond acceptors (Lipinski definition) is 5. The van der Waals surface area contributed by atoms with Crippen molar-refractivity contribution in [3.8, 4) is 11.4 Å². The average Bonchev–Trinajstić information content (AvgIpc) is 3.14. The topological polar surface area (TPSA) is 56.0 Å². The van der Waals surface area contributed by atoms with Crippen molar-refractivity contribution in [3.05, 3.63) is 64.4 Å². The van der Waals surface area contributed by atoms with Crippen molar-refractivity contribution in [3.63, 3.8) is 0 Å². The fourth-order valence-electron chi connectivity index (χ4n) is 2.16. The van der Waals surface area contributed by atoms with Crippen molar-refractivity contribution in [2.24, 2.45) is 0 Å². The van der Waals surface area contributed by atoms with Crippen LogP contribution >= 0.6 is 22.9 Å². The molecule has 0 radical (unpaired) electrons. The molecule has 4 aromatic rings. The number of rotatable bonds is 3. The maximum atomic E-state index is 5.99. The molecular formula is C16H10ClN5S. The molecule has 0 aliphatic rings. The van der Waals surface area contributed by atoms with Crippen LogP contribution < -0.4 is 0 Å². The fourth-order valence-corrected chi connectivity index (χ4v) is 3.10. The third-order valence-corrected chi connectivity index (χ3v) is 4.31. The van der Waals surface area contributed by atoms with Gasteiger partial charge in [0.05, 0.1) is 0 Å². The van der Waals surface area contributed by atoms with Crippen LogP contribution in [-0.4, -0.2) is 24.8 Å². The molecule has 3 aromatic heterocycles. The van der Waals surface area contributed by atoms with Crippen molar-refractivity contribution in [2.75, 3.05) is 0 Å². The summed E-state index contributed by atoms with van der Waals surface area (Å²) in [6.45, 7) is 0. The summed E-state index contributed by atoms with van der Waals surface area (Å²) in [5.74, 6) is 0.709. The Labute approximate surface area is 140 Å². The molecular weight excluding hydrogens is 330 g/mol. The predicted molar refractivity (Wildman–Crippen MR) is 92.3 cm³/mol. The summed E-state index contributed by atoms with van der Waals surface area (Å²) in [6, 6.07) is 11.4. The van der Waals surface area contributed by atoms with Crippen molar-refractivity contribution >= 4 is 40.1 Å². The zero-order valence-corrected chi connectivity index (χ0v) is 13.4. The number of aromatic nitrogens is 5. The Morgan fingerprint density at radius 2 is 1.91 bits per heavy atom. The van der Waals surface area contributed by atoms with Crippen LogP contribution in [0, 0.1) is 0 Å². The van der Waals surface area contributed by atoms with Gasteiger partial charge in [-0.15, -0.1) is 10.2 Å².